The van der Waals surface area contributed by atoms with Gasteiger partial charge in [-0.15, -0.1) is 0 Å². The van der Waals surface area contributed by atoms with Crippen molar-refractivity contribution in [1.29, 1.82) is 0 Å². The topological polar surface area (TPSA) is 66.7 Å². The number of hydrogen-bond acceptors (Lipinski definition) is 3. The van der Waals surface area contributed by atoms with Crippen LogP contribution in [0.2, 0.25) is 0 Å². The van der Waals surface area contributed by atoms with E-state index in [1.165, 1.54) is 0 Å². The minimum Gasteiger partial charge on any atom is -0.359 e. The Balaban J connectivity index is 1.84. The number of nitrogens with zero attached hydrogens (tertiary/aromatic N) is 3. The van der Waals surface area contributed by atoms with Crippen LogP contribution in [0.1, 0.15) is 23.7 Å². The minimum absolute atomic E-state index is 0.0882. The van der Waals surface area contributed by atoms with Crippen LogP contribution in [0.3, 0.4) is 0 Å². The zero-order valence-electron chi connectivity index (χ0n) is 15.1. The van der Waals surface area contributed by atoms with Gasteiger partial charge in [0.15, 0.2) is 0 Å². The van der Waals surface area contributed by atoms with Crippen LogP contribution >= 0.6 is 0 Å². The molecule has 1 atom stereocenters. The second-order valence-corrected chi connectivity index (χ2v) is 6.32. The molecule has 2 heterocycles. The highest BCUT2D eigenvalue weighted by molar-refractivity contribution is 5.94. The maximum absolute atomic E-state index is 12.7. The second kappa shape index (κ2) is 7.39. The first-order chi connectivity index (χ1) is 12.5. The number of nitrogens with one attached hydrogen (secondary N) is 1. The number of amides is 2. The van der Waals surface area contributed by atoms with Gasteiger partial charge < -0.3 is 14.6 Å². The predicted molar refractivity (Wildman–Crippen MR) is 101 cm³/mol. The molecule has 0 aliphatic rings. The molecule has 6 nitrogen and oxygen atoms in total. The van der Waals surface area contributed by atoms with Crippen LogP contribution in [0.5, 0.6) is 0 Å². The molecule has 3 rings (SSSR count). The van der Waals surface area contributed by atoms with Gasteiger partial charge in [0.05, 0.1) is 11.3 Å². The van der Waals surface area contributed by atoms with E-state index in [-0.39, 0.29) is 24.3 Å². The third-order valence-corrected chi connectivity index (χ3v) is 4.51. The summed E-state index contributed by atoms with van der Waals surface area (Å²) in [5.74, 6) is -0.215. The number of imidazole rings is 1. The Morgan fingerprint density at radius 2 is 1.88 bits per heavy atom. The molecule has 0 aliphatic heterocycles. The van der Waals surface area contributed by atoms with Crippen molar-refractivity contribution in [2.75, 3.05) is 14.1 Å². The predicted octanol–water partition coefficient (Wildman–Crippen LogP) is 2.60. The fourth-order valence-electron chi connectivity index (χ4n) is 2.78. The molecule has 0 saturated carbocycles. The Kier molecular flexibility index (Phi) is 5.02. The fourth-order valence-corrected chi connectivity index (χ4v) is 2.78. The van der Waals surface area contributed by atoms with Gasteiger partial charge >= 0.3 is 0 Å². The number of carbonyl (C=O) groups is 2. The number of rotatable bonds is 5. The summed E-state index contributed by atoms with van der Waals surface area (Å²) in [5, 5.41) is 2.58. The second-order valence-electron chi connectivity index (χ2n) is 6.32. The lowest BCUT2D eigenvalue weighted by Crippen LogP contribution is -2.38. The summed E-state index contributed by atoms with van der Waals surface area (Å²) < 4.78 is 1.85. The van der Waals surface area contributed by atoms with Crippen molar-refractivity contribution in [2.45, 2.75) is 19.4 Å². The molecule has 3 aromatic rings. The van der Waals surface area contributed by atoms with Crippen molar-refractivity contribution in [2.24, 2.45) is 0 Å². The number of carbonyl (C=O) groups excluding carboxylic acids is 2. The van der Waals surface area contributed by atoms with Gasteiger partial charge in [0, 0.05) is 44.5 Å². The summed E-state index contributed by atoms with van der Waals surface area (Å²) in [7, 11) is 3.30. The van der Waals surface area contributed by atoms with E-state index in [1.807, 2.05) is 53.9 Å². The molecular weight excluding hydrogens is 328 g/mol. The summed E-state index contributed by atoms with van der Waals surface area (Å²) >= 11 is 0. The van der Waals surface area contributed by atoms with Gasteiger partial charge in [-0.1, -0.05) is 30.3 Å². The largest absolute Gasteiger partial charge is 0.359 e. The SMILES string of the molecule is CNC(=O)C[C@@H](C)N(C)C(=O)c1ccc2nc(-c3ccccc3)cn2c1. The summed E-state index contributed by atoms with van der Waals surface area (Å²) in [6.07, 6.45) is 3.96. The summed E-state index contributed by atoms with van der Waals surface area (Å²) in [4.78, 5) is 30.5. The molecule has 1 N–H and O–H groups in total. The van der Waals surface area contributed by atoms with Crippen molar-refractivity contribution in [3.63, 3.8) is 0 Å². The van der Waals surface area contributed by atoms with Gasteiger partial charge in [0.1, 0.15) is 5.65 Å². The molecule has 26 heavy (non-hydrogen) atoms. The highest BCUT2D eigenvalue weighted by Crippen LogP contribution is 2.19. The molecule has 6 heteroatoms. The Bertz CT molecular complexity index is 933. The van der Waals surface area contributed by atoms with Crippen LogP contribution in [0.15, 0.2) is 54.9 Å². The van der Waals surface area contributed by atoms with Crippen molar-refractivity contribution >= 4 is 17.5 Å². The van der Waals surface area contributed by atoms with E-state index >= 15 is 0 Å². The maximum Gasteiger partial charge on any atom is 0.255 e. The van der Waals surface area contributed by atoms with Crippen LogP contribution < -0.4 is 5.32 Å². The maximum atomic E-state index is 12.7. The van der Waals surface area contributed by atoms with Crippen LogP contribution in [-0.2, 0) is 4.79 Å². The molecule has 0 bridgehead atoms. The number of benzene rings is 1. The third-order valence-electron chi connectivity index (χ3n) is 4.51. The average Bonchev–Trinajstić information content (AvgIpc) is 3.10. The van der Waals surface area contributed by atoms with Gasteiger partial charge in [-0.25, -0.2) is 4.98 Å². The molecule has 1 aromatic carbocycles. The van der Waals surface area contributed by atoms with Crippen molar-refractivity contribution in [1.82, 2.24) is 19.6 Å². The Morgan fingerprint density at radius 3 is 2.58 bits per heavy atom. The zero-order chi connectivity index (χ0) is 18.7. The number of aromatic nitrogens is 2. The number of pyridine rings is 1. The average molecular weight is 350 g/mol. The summed E-state index contributed by atoms with van der Waals surface area (Å²) in [6, 6.07) is 13.3. The molecule has 0 radical (unpaired) electrons. The first-order valence-electron chi connectivity index (χ1n) is 8.51. The first-order valence-corrected chi connectivity index (χ1v) is 8.51. The van der Waals surface area contributed by atoms with Crippen molar-refractivity contribution in [3.8, 4) is 11.3 Å². The summed E-state index contributed by atoms with van der Waals surface area (Å²) in [6.45, 7) is 1.86. The van der Waals surface area contributed by atoms with E-state index in [9.17, 15) is 9.59 Å². The highest BCUT2D eigenvalue weighted by atomic mass is 16.2. The Labute approximate surface area is 152 Å². The van der Waals surface area contributed by atoms with E-state index in [1.54, 1.807) is 31.3 Å². The number of hydrogen-bond donors (Lipinski definition) is 1. The van der Waals surface area contributed by atoms with Gasteiger partial charge in [-0.2, -0.15) is 0 Å². The Hall–Kier alpha value is -3.15. The molecule has 0 saturated heterocycles. The van der Waals surface area contributed by atoms with Gasteiger partial charge in [0.25, 0.3) is 5.91 Å². The minimum atomic E-state index is -0.194. The van der Waals surface area contributed by atoms with E-state index < -0.39 is 0 Å². The van der Waals surface area contributed by atoms with E-state index in [0.29, 0.717) is 5.56 Å². The lowest BCUT2D eigenvalue weighted by Gasteiger charge is -2.24. The monoisotopic (exact) mass is 350 g/mol. The van der Waals surface area contributed by atoms with E-state index in [0.717, 1.165) is 16.9 Å². The standard InChI is InChI=1S/C20H22N4O2/c1-14(11-19(25)21-2)23(3)20(26)16-9-10-18-22-17(13-24(18)12-16)15-7-5-4-6-8-15/h4-10,12-14H,11H2,1-3H3,(H,21,25)/t14-/m1/s1. The van der Waals surface area contributed by atoms with Crippen molar-refractivity contribution < 1.29 is 9.59 Å². The van der Waals surface area contributed by atoms with E-state index in [4.69, 9.17) is 0 Å². The van der Waals surface area contributed by atoms with E-state index in [2.05, 4.69) is 10.3 Å². The normalized spacial score (nSPS) is 12.0. The lowest BCUT2D eigenvalue weighted by molar-refractivity contribution is -0.121. The fraction of sp³-hybridized carbons (Fsp3) is 0.250. The molecule has 0 aliphatic carbocycles. The van der Waals surface area contributed by atoms with Crippen molar-refractivity contribution in [3.05, 3.63) is 60.4 Å². The van der Waals surface area contributed by atoms with Gasteiger partial charge in [-0.05, 0) is 19.1 Å². The smallest absolute Gasteiger partial charge is 0.255 e. The van der Waals surface area contributed by atoms with Crippen LogP contribution in [0, 0.1) is 0 Å². The molecular formula is C20H22N4O2. The quantitative estimate of drug-likeness (QED) is 0.769. The lowest BCUT2D eigenvalue weighted by atomic mass is 10.1. The highest BCUT2D eigenvalue weighted by Gasteiger charge is 2.20. The van der Waals surface area contributed by atoms with Gasteiger partial charge in [0.2, 0.25) is 5.91 Å². The molecule has 0 unspecified atom stereocenters. The summed E-state index contributed by atoms with van der Waals surface area (Å²) in [5.41, 5.74) is 3.22. The molecule has 2 amide bonds. The molecule has 0 spiro atoms. The first kappa shape index (κ1) is 17.7. The van der Waals surface area contributed by atoms with Gasteiger partial charge in [-0.3, -0.25) is 9.59 Å². The Morgan fingerprint density at radius 1 is 1.15 bits per heavy atom. The van der Waals surface area contributed by atoms with Crippen LogP contribution in [0.4, 0.5) is 0 Å². The number of fused-ring (bicyclic) bond motifs is 1. The molecule has 2 aromatic heterocycles. The van der Waals surface area contributed by atoms with Crippen LogP contribution in [-0.4, -0.2) is 46.2 Å². The van der Waals surface area contributed by atoms with Crippen LogP contribution in [0.25, 0.3) is 16.9 Å². The molecule has 0 fully saturated rings. The third kappa shape index (κ3) is 3.59. The molecule has 134 valence electrons. The zero-order valence-corrected chi connectivity index (χ0v) is 15.1.